The maximum atomic E-state index is 5.73. The van der Waals surface area contributed by atoms with E-state index in [1.54, 1.807) is 11.3 Å². The average Bonchev–Trinajstić information content (AvgIpc) is 2.76. The molecule has 0 N–H and O–H groups in total. The lowest BCUT2D eigenvalue weighted by atomic mass is 10.2. The number of unbranched alkanes of at least 4 members (excludes halogenated alkanes) is 1. The van der Waals surface area contributed by atoms with Gasteiger partial charge in [-0.2, -0.15) is 0 Å². The van der Waals surface area contributed by atoms with Gasteiger partial charge in [0.05, 0.1) is 16.6 Å². The summed E-state index contributed by atoms with van der Waals surface area (Å²) in [7, 11) is 0. The number of halogens is 1. The van der Waals surface area contributed by atoms with E-state index in [9.17, 15) is 0 Å². The van der Waals surface area contributed by atoms with Gasteiger partial charge >= 0.3 is 0 Å². The van der Waals surface area contributed by atoms with Crippen LogP contribution in [0.4, 0.5) is 0 Å². The second-order valence-corrected chi connectivity index (χ2v) is 5.76. The molecule has 0 aliphatic rings. The van der Waals surface area contributed by atoms with Crippen molar-refractivity contribution in [3.05, 3.63) is 16.1 Å². The Hall–Kier alpha value is -0.120. The van der Waals surface area contributed by atoms with Gasteiger partial charge in [0.2, 0.25) is 0 Å². The second kappa shape index (κ2) is 8.06. The molecule has 0 atom stereocenters. The molecule has 0 bridgehead atoms. The zero-order valence-electron chi connectivity index (χ0n) is 11.1. The minimum absolute atomic E-state index is 0.535. The molecule has 2 nitrogen and oxygen atoms in total. The maximum absolute atomic E-state index is 5.73. The van der Waals surface area contributed by atoms with E-state index in [-0.39, 0.29) is 0 Å². The number of aromatic nitrogens is 1. The highest BCUT2D eigenvalue weighted by Crippen LogP contribution is 2.14. The highest BCUT2D eigenvalue weighted by molar-refractivity contribution is 7.09. The number of nitrogens with zero attached hydrogens (tertiary/aromatic N) is 2. The summed E-state index contributed by atoms with van der Waals surface area (Å²) in [5.41, 5.74) is 1.02. The first-order chi connectivity index (χ1) is 8.17. The van der Waals surface area contributed by atoms with Crippen molar-refractivity contribution >= 4 is 22.9 Å². The van der Waals surface area contributed by atoms with Crippen LogP contribution < -0.4 is 0 Å². The molecule has 1 heterocycles. The fraction of sp³-hybridized carbons (Fsp3) is 0.769. The van der Waals surface area contributed by atoms with E-state index < -0.39 is 0 Å². The Labute approximate surface area is 114 Å². The van der Waals surface area contributed by atoms with Crippen molar-refractivity contribution in [1.29, 1.82) is 0 Å². The molecule has 98 valence electrons. The summed E-state index contributed by atoms with van der Waals surface area (Å²) in [6, 6.07) is 0.655. The van der Waals surface area contributed by atoms with Crippen LogP contribution in [-0.2, 0) is 12.3 Å². The molecule has 0 aliphatic carbocycles. The van der Waals surface area contributed by atoms with Crippen LogP contribution in [0.2, 0.25) is 0 Å². The summed E-state index contributed by atoms with van der Waals surface area (Å²) < 4.78 is 0. The van der Waals surface area contributed by atoms with Crippen molar-refractivity contribution in [1.82, 2.24) is 9.88 Å². The van der Waals surface area contributed by atoms with Gasteiger partial charge in [-0.15, -0.1) is 22.9 Å². The molecule has 1 aromatic rings. The van der Waals surface area contributed by atoms with Crippen molar-refractivity contribution in [2.24, 2.45) is 0 Å². The molecule has 0 fully saturated rings. The summed E-state index contributed by atoms with van der Waals surface area (Å²) in [5.74, 6) is 0.535. The van der Waals surface area contributed by atoms with Crippen molar-refractivity contribution in [3.8, 4) is 0 Å². The first kappa shape index (κ1) is 14.9. The van der Waals surface area contributed by atoms with Gasteiger partial charge < -0.3 is 4.90 Å². The van der Waals surface area contributed by atoms with Gasteiger partial charge in [0, 0.05) is 11.4 Å². The van der Waals surface area contributed by atoms with Gasteiger partial charge in [-0.25, -0.2) is 4.98 Å². The Morgan fingerprint density at radius 2 is 2.18 bits per heavy atom. The lowest BCUT2D eigenvalue weighted by molar-refractivity contribution is 0.229. The van der Waals surface area contributed by atoms with E-state index >= 15 is 0 Å². The lowest BCUT2D eigenvalue weighted by Crippen LogP contribution is -2.31. The number of alkyl halides is 1. The molecule has 1 aromatic heterocycles. The van der Waals surface area contributed by atoms with Crippen LogP contribution in [0.5, 0.6) is 0 Å². The minimum atomic E-state index is 0.535. The Bertz CT molecular complexity index is 312. The summed E-state index contributed by atoms with van der Waals surface area (Å²) >= 11 is 7.47. The standard InChI is InChI=1S/C13H23ClN2S/c1-4-16(11(2)3)8-6-5-7-13-15-12(9-14)10-17-13/h10-11H,4-9H2,1-3H3. The van der Waals surface area contributed by atoms with Crippen molar-refractivity contribution < 1.29 is 0 Å². The van der Waals surface area contributed by atoms with E-state index in [2.05, 4.69) is 36.0 Å². The largest absolute Gasteiger partial charge is 0.301 e. The molecule has 0 amide bonds. The zero-order valence-corrected chi connectivity index (χ0v) is 12.7. The van der Waals surface area contributed by atoms with Crippen LogP contribution in [0.15, 0.2) is 5.38 Å². The van der Waals surface area contributed by atoms with Gasteiger partial charge in [0.15, 0.2) is 0 Å². The lowest BCUT2D eigenvalue weighted by Gasteiger charge is -2.24. The molecule has 1 rings (SSSR count). The predicted octanol–water partition coefficient (Wildman–Crippen LogP) is 3.93. The molecular weight excluding hydrogens is 252 g/mol. The number of rotatable bonds is 8. The molecule has 0 aromatic carbocycles. The van der Waals surface area contributed by atoms with Crippen molar-refractivity contribution in [2.75, 3.05) is 13.1 Å². The fourth-order valence-electron chi connectivity index (χ4n) is 1.90. The Kier molecular flexibility index (Phi) is 7.09. The average molecular weight is 275 g/mol. The summed E-state index contributed by atoms with van der Waals surface area (Å²) in [6.07, 6.45) is 3.57. The monoisotopic (exact) mass is 274 g/mol. The fourth-order valence-corrected chi connectivity index (χ4v) is 2.97. The number of aryl methyl sites for hydroxylation is 1. The van der Waals surface area contributed by atoms with E-state index in [1.807, 2.05) is 0 Å². The molecular formula is C13H23ClN2S. The van der Waals surface area contributed by atoms with Crippen LogP contribution in [0, 0.1) is 0 Å². The van der Waals surface area contributed by atoms with E-state index in [0.29, 0.717) is 11.9 Å². The molecule has 0 saturated carbocycles. The molecule has 4 heteroatoms. The number of thiazole rings is 1. The van der Waals surface area contributed by atoms with Crippen molar-refractivity contribution in [2.45, 2.75) is 52.0 Å². The Balaban J connectivity index is 2.19. The normalized spacial score (nSPS) is 11.6. The van der Waals surface area contributed by atoms with Crippen LogP contribution in [0.25, 0.3) is 0 Å². The SMILES string of the molecule is CCN(CCCCc1nc(CCl)cs1)C(C)C. The minimum Gasteiger partial charge on any atom is -0.301 e. The Morgan fingerprint density at radius 3 is 2.71 bits per heavy atom. The quantitative estimate of drug-likeness (QED) is 0.527. The second-order valence-electron chi connectivity index (χ2n) is 4.55. The zero-order chi connectivity index (χ0) is 12.7. The predicted molar refractivity (Wildman–Crippen MR) is 77.0 cm³/mol. The van der Waals surface area contributed by atoms with Crippen molar-refractivity contribution in [3.63, 3.8) is 0 Å². The van der Waals surface area contributed by atoms with Crippen LogP contribution >= 0.6 is 22.9 Å². The van der Waals surface area contributed by atoms with Crippen LogP contribution in [0.1, 0.15) is 44.3 Å². The summed E-state index contributed by atoms with van der Waals surface area (Å²) in [5, 5.41) is 3.29. The summed E-state index contributed by atoms with van der Waals surface area (Å²) in [6.45, 7) is 9.09. The van der Waals surface area contributed by atoms with E-state index in [1.165, 1.54) is 24.4 Å². The third-order valence-corrected chi connectivity index (χ3v) is 4.19. The van der Waals surface area contributed by atoms with Gasteiger partial charge in [0.1, 0.15) is 0 Å². The molecule has 0 saturated heterocycles. The first-order valence-corrected chi connectivity index (χ1v) is 7.82. The van der Waals surface area contributed by atoms with Gasteiger partial charge in [-0.05, 0) is 46.2 Å². The van der Waals surface area contributed by atoms with Crippen LogP contribution in [-0.4, -0.2) is 29.0 Å². The maximum Gasteiger partial charge on any atom is 0.0928 e. The molecule has 17 heavy (non-hydrogen) atoms. The van der Waals surface area contributed by atoms with Gasteiger partial charge in [0.25, 0.3) is 0 Å². The summed E-state index contributed by atoms with van der Waals surface area (Å²) in [4.78, 5) is 6.98. The third-order valence-electron chi connectivity index (χ3n) is 2.96. The highest BCUT2D eigenvalue weighted by Gasteiger charge is 2.06. The Morgan fingerprint density at radius 1 is 1.41 bits per heavy atom. The van der Waals surface area contributed by atoms with Crippen LogP contribution in [0.3, 0.4) is 0 Å². The third kappa shape index (κ3) is 5.36. The first-order valence-electron chi connectivity index (χ1n) is 6.40. The smallest absolute Gasteiger partial charge is 0.0928 e. The number of hydrogen-bond donors (Lipinski definition) is 0. The highest BCUT2D eigenvalue weighted by atomic mass is 35.5. The molecule has 0 unspecified atom stereocenters. The topological polar surface area (TPSA) is 16.1 Å². The number of hydrogen-bond acceptors (Lipinski definition) is 3. The molecule has 0 spiro atoms. The van der Waals surface area contributed by atoms with E-state index in [4.69, 9.17) is 11.6 Å². The van der Waals surface area contributed by atoms with Gasteiger partial charge in [-0.1, -0.05) is 6.92 Å². The van der Waals surface area contributed by atoms with Gasteiger partial charge in [-0.3, -0.25) is 0 Å². The van der Waals surface area contributed by atoms with E-state index in [0.717, 1.165) is 18.7 Å². The molecule has 0 aliphatic heterocycles. The molecule has 0 radical (unpaired) electrons.